The molecule has 102 valence electrons. The molecule has 0 aliphatic carbocycles. The third-order valence-electron chi connectivity index (χ3n) is 3.03. The van der Waals surface area contributed by atoms with Crippen LogP contribution in [-0.2, 0) is 16.6 Å². The van der Waals surface area contributed by atoms with Crippen LogP contribution in [0, 0.1) is 0 Å². The van der Waals surface area contributed by atoms with Crippen LogP contribution in [0.25, 0.3) is 11.1 Å². The Balaban J connectivity index is 2.31. The van der Waals surface area contributed by atoms with Crippen molar-refractivity contribution >= 4 is 22.8 Å². The highest BCUT2D eigenvalue weighted by atomic mass is 16.5. The van der Waals surface area contributed by atoms with Crippen molar-refractivity contribution in [3.05, 3.63) is 28.7 Å². The standard InChI is InChI=1S/C13H16N2O4/c1-4-9(12(16)18-3)14-8-5-6-10-11(7-8)19-13(17)15(10)2/h5-7,9,14H,4H2,1-3H3/t9-/m1/s1. The molecule has 0 unspecified atom stereocenters. The number of carbonyl (C=O) groups excluding carboxylic acids is 1. The second kappa shape index (κ2) is 5.17. The monoisotopic (exact) mass is 264 g/mol. The molecule has 0 bridgehead atoms. The molecule has 0 radical (unpaired) electrons. The number of hydrogen-bond acceptors (Lipinski definition) is 5. The molecule has 1 heterocycles. The van der Waals surface area contributed by atoms with E-state index in [1.165, 1.54) is 11.7 Å². The van der Waals surface area contributed by atoms with Gasteiger partial charge in [0.05, 0.1) is 12.6 Å². The summed E-state index contributed by atoms with van der Waals surface area (Å²) in [6.07, 6.45) is 0.601. The molecule has 19 heavy (non-hydrogen) atoms. The van der Waals surface area contributed by atoms with Crippen molar-refractivity contribution < 1.29 is 13.9 Å². The third kappa shape index (κ3) is 2.47. The molecule has 1 N–H and O–H groups in total. The number of hydrogen-bond donors (Lipinski definition) is 1. The maximum absolute atomic E-state index is 11.5. The number of fused-ring (bicyclic) bond motifs is 1. The summed E-state index contributed by atoms with van der Waals surface area (Å²) in [6.45, 7) is 1.88. The molecule has 1 aromatic heterocycles. The Kier molecular flexibility index (Phi) is 3.59. The average molecular weight is 264 g/mol. The van der Waals surface area contributed by atoms with Crippen LogP contribution in [0.1, 0.15) is 13.3 Å². The summed E-state index contributed by atoms with van der Waals surface area (Å²) in [5.74, 6) is -0.732. The summed E-state index contributed by atoms with van der Waals surface area (Å²) in [4.78, 5) is 22.9. The van der Waals surface area contributed by atoms with Crippen molar-refractivity contribution in [3.8, 4) is 0 Å². The van der Waals surface area contributed by atoms with Gasteiger partial charge in [0, 0.05) is 18.8 Å². The van der Waals surface area contributed by atoms with Gasteiger partial charge in [-0.25, -0.2) is 9.59 Å². The van der Waals surface area contributed by atoms with Crippen LogP contribution in [0.5, 0.6) is 0 Å². The number of nitrogens with one attached hydrogen (secondary N) is 1. The van der Waals surface area contributed by atoms with Gasteiger partial charge in [0.25, 0.3) is 0 Å². The lowest BCUT2D eigenvalue weighted by Gasteiger charge is -2.15. The molecule has 0 amide bonds. The van der Waals surface area contributed by atoms with Crippen LogP contribution in [0.4, 0.5) is 5.69 Å². The fraction of sp³-hybridized carbons (Fsp3) is 0.385. The first-order valence-corrected chi connectivity index (χ1v) is 6.00. The SMILES string of the molecule is CC[C@@H](Nc1ccc2c(c1)oc(=O)n2C)C(=O)OC. The highest BCUT2D eigenvalue weighted by Gasteiger charge is 2.17. The summed E-state index contributed by atoms with van der Waals surface area (Å²) in [5, 5.41) is 3.05. The molecule has 1 atom stereocenters. The van der Waals surface area contributed by atoms with Crippen molar-refractivity contribution in [2.24, 2.45) is 7.05 Å². The van der Waals surface area contributed by atoms with E-state index in [4.69, 9.17) is 9.15 Å². The Morgan fingerprint density at radius 1 is 1.53 bits per heavy atom. The van der Waals surface area contributed by atoms with Crippen molar-refractivity contribution in [2.45, 2.75) is 19.4 Å². The Morgan fingerprint density at radius 2 is 2.26 bits per heavy atom. The zero-order chi connectivity index (χ0) is 14.0. The first-order valence-electron chi connectivity index (χ1n) is 6.00. The number of aromatic nitrogens is 1. The molecular formula is C13H16N2O4. The second-order valence-corrected chi connectivity index (χ2v) is 4.24. The molecule has 6 heteroatoms. The molecule has 0 fully saturated rings. The minimum Gasteiger partial charge on any atom is -0.467 e. The number of rotatable bonds is 4. The highest BCUT2D eigenvalue weighted by molar-refractivity contribution is 5.82. The van der Waals surface area contributed by atoms with E-state index in [1.807, 2.05) is 6.92 Å². The molecular weight excluding hydrogens is 248 g/mol. The summed E-state index contributed by atoms with van der Waals surface area (Å²) in [5.41, 5.74) is 1.90. The molecule has 0 aliphatic heterocycles. The van der Waals surface area contributed by atoms with Crippen molar-refractivity contribution in [1.82, 2.24) is 4.57 Å². The number of nitrogens with zero attached hydrogens (tertiary/aromatic N) is 1. The first-order chi connectivity index (χ1) is 9.06. The van der Waals surface area contributed by atoms with E-state index in [0.29, 0.717) is 23.2 Å². The molecule has 0 spiro atoms. The van der Waals surface area contributed by atoms with E-state index in [0.717, 1.165) is 0 Å². The zero-order valence-electron chi connectivity index (χ0n) is 11.1. The maximum atomic E-state index is 11.5. The first kappa shape index (κ1) is 13.2. The Hall–Kier alpha value is -2.24. The Morgan fingerprint density at radius 3 is 2.89 bits per heavy atom. The molecule has 0 aliphatic rings. The maximum Gasteiger partial charge on any atom is 0.419 e. The van der Waals surface area contributed by atoms with E-state index in [9.17, 15) is 9.59 Å². The molecule has 2 aromatic rings. The number of methoxy groups -OCH3 is 1. The number of anilines is 1. The predicted molar refractivity (Wildman–Crippen MR) is 71.2 cm³/mol. The van der Waals surface area contributed by atoms with Crippen molar-refractivity contribution in [2.75, 3.05) is 12.4 Å². The fourth-order valence-electron chi connectivity index (χ4n) is 1.89. The van der Waals surface area contributed by atoms with Gasteiger partial charge in [0.15, 0.2) is 5.58 Å². The highest BCUT2D eigenvalue weighted by Crippen LogP contribution is 2.19. The van der Waals surface area contributed by atoms with Gasteiger partial charge in [-0.2, -0.15) is 0 Å². The predicted octanol–water partition coefficient (Wildman–Crippen LogP) is 1.49. The Labute approximate surface area is 110 Å². The van der Waals surface area contributed by atoms with E-state index < -0.39 is 11.8 Å². The summed E-state index contributed by atoms with van der Waals surface area (Å²) < 4.78 is 11.2. The molecule has 6 nitrogen and oxygen atoms in total. The van der Waals surface area contributed by atoms with Gasteiger partial charge >= 0.3 is 11.7 Å². The largest absolute Gasteiger partial charge is 0.467 e. The molecule has 0 saturated heterocycles. The Bertz CT molecular complexity index is 656. The van der Waals surface area contributed by atoms with Crippen molar-refractivity contribution in [3.63, 3.8) is 0 Å². The lowest BCUT2D eigenvalue weighted by atomic mass is 10.2. The van der Waals surface area contributed by atoms with Gasteiger partial charge in [0.1, 0.15) is 6.04 Å². The van der Waals surface area contributed by atoms with Gasteiger partial charge in [0.2, 0.25) is 0 Å². The topological polar surface area (TPSA) is 73.5 Å². The molecule has 2 rings (SSSR count). The lowest BCUT2D eigenvalue weighted by molar-refractivity contribution is -0.141. The fourth-order valence-corrected chi connectivity index (χ4v) is 1.89. The quantitative estimate of drug-likeness (QED) is 0.847. The molecule has 1 aromatic carbocycles. The van der Waals surface area contributed by atoms with Gasteiger partial charge < -0.3 is 14.5 Å². The average Bonchev–Trinajstić information content (AvgIpc) is 2.70. The van der Waals surface area contributed by atoms with Gasteiger partial charge in [-0.3, -0.25) is 4.57 Å². The number of ether oxygens (including phenoxy) is 1. The van der Waals surface area contributed by atoms with E-state index in [2.05, 4.69) is 5.32 Å². The third-order valence-corrected chi connectivity index (χ3v) is 3.03. The van der Waals surface area contributed by atoms with Gasteiger partial charge in [-0.1, -0.05) is 6.92 Å². The summed E-state index contributed by atoms with van der Waals surface area (Å²) >= 11 is 0. The van der Waals surface area contributed by atoms with Crippen LogP contribution in [0.2, 0.25) is 0 Å². The normalized spacial score (nSPS) is 12.4. The number of oxazole rings is 1. The van der Waals surface area contributed by atoms with Crippen LogP contribution < -0.4 is 11.1 Å². The van der Waals surface area contributed by atoms with E-state index in [1.54, 1.807) is 25.2 Å². The van der Waals surface area contributed by atoms with E-state index in [-0.39, 0.29) is 5.97 Å². The minimum atomic E-state index is -0.419. The molecule has 0 saturated carbocycles. The number of aryl methyl sites for hydroxylation is 1. The summed E-state index contributed by atoms with van der Waals surface area (Å²) in [7, 11) is 3.00. The lowest BCUT2D eigenvalue weighted by Crippen LogP contribution is -2.29. The number of benzene rings is 1. The smallest absolute Gasteiger partial charge is 0.419 e. The van der Waals surface area contributed by atoms with Crippen LogP contribution in [0.15, 0.2) is 27.4 Å². The van der Waals surface area contributed by atoms with Crippen LogP contribution in [-0.4, -0.2) is 23.7 Å². The van der Waals surface area contributed by atoms with Crippen molar-refractivity contribution in [1.29, 1.82) is 0 Å². The second-order valence-electron chi connectivity index (χ2n) is 4.24. The number of esters is 1. The van der Waals surface area contributed by atoms with E-state index >= 15 is 0 Å². The minimum absolute atomic E-state index is 0.322. The van der Waals surface area contributed by atoms with Gasteiger partial charge in [-0.05, 0) is 18.6 Å². The zero-order valence-corrected chi connectivity index (χ0v) is 11.1. The van der Waals surface area contributed by atoms with Crippen LogP contribution in [0.3, 0.4) is 0 Å². The van der Waals surface area contributed by atoms with Crippen LogP contribution >= 0.6 is 0 Å². The van der Waals surface area contributed by atoms with Gasteiger partial charge in [-0.15, -0.1) is 0 Å². The summed E-state index contributed by atoms with van der Waals surface area (Å²) in [6, 6.07) is 4.84. The number of carbonyl (C=O) groups is 1.